The largest absolute Gasteiger partial charge is 0.396 e. The quantitative estimate of drug-likeness (QED) is 0.860. The molecular weight excluding hydrogens is 216 g/mol. The molecule has 2 rings (SSSR count). The van der Waals surface area contributed by atoms with Crippen LogP contribution in [-0.2, 0) is 0 Å². The van der Waals surface area contributed by atoms with Crippen molar-refractivity contribution >= 4 is 11.7 Å². The maximum Gasteiger partial charge on any atom is 0.324 e. The van der Waals surface area contributed by atoms with Crippen LogP contribution in [0.5, 0.6) is 0 Å². The number of aliphatic hydroxyl groups is 1. The number of benzene rings is 1. The van der Waals surface area contributed by atoms with E-state index in [1.165, 1.54) is 0 Å². The highest BCUT2D eigenvalue weighted by molar-refractivity contribution is 5.94. The van der Waals surface area contributed by atoms with Gasteiger partial charge in [-0.3, -0.25) is 4.90 Å². The molecule has 1 saturated heterocycles. The van der Waals surface area contributed by atoms with Crippen molar-refractivity contribution in [1.82, 2.24) is 4.90 Å². The van der Waals surface area contributed by atoms with E-state index in [0.717, 1.165) is 24.3 Å². The van der Waals surface area contributed by atoms with Crippen LogP contribution < -0.4 is 4.90 Å². The smallest absolute Gasteiger partial charge is 0.324 e. The van der Waals surface area contributed by atoms with E-state index in [4.69, 9.17) is 5.11 Å². The van der Waals surface area contributed by atoms with Crippen molar-refractivity contribution in [2.24, 2.45) is 0 Å². The molecule has 0 bridgehead atoms. The molecule has 1 aliphatic rings. The van der Waals surface area contributed by atoms with Gasteiger partial charge in [-0.1, -0.05) is 12.1 Å². The molecule has 0 unspecified atom stereocenters. The number of nitrogens with zero attached hydrogens (tertiary/aromatic N) is 2. The van der Waals surface area contributed by atoms with Crippen LogP contribution in [0.1, 0.15) is 12.0 Å². The molecule has 1 fully saturated rings. The Bertz CT molecular complexity index is 406. The monoisotopic (exact) mass is 234 g/mol. The van der Waals surface area contributed by atoms with Gasteiger partial charge in [-0.2, -0.15) is 0 Å². The van der Waals surface area contributed by atoms with E-state index in [0.29, 0.717) is 13.0 Å². The predicted molar refractivity (Wildman–Crippen MR) is 67.2 cm³/mol. The van der Waals surface area contributed by atoms with Crippen molar-refractivity contribution in [3.8, 4) is 0 Å². The first-order valence-corrected chi connectivity index (χ1v) is 5.96. The molecule has 1 aromatic rings. The summed E-state index contributed by atoms with van der Waals surface area (Å²) in [4.78, 5) is 15.7. The fourth-order valence-electron chi connectivity index (χ4n) is 2.09. The summed E-state index contributed by atoms with van der Waals surface area (Å²) in [5, 5.41) is 8.78. The Morgan fingerprint density at radius 3 is 2.88 bits per heavy atom. The molecule has 0 aromatic heterocycles. The third kappa shape index (κ3) is 2.58. The van der Waals surface area contributed by atoms with E-state index in [-0.39, 0.29) is 12.6 Å². The SMILES string of the molecule is Cc1cccc(N2CCN(CCCO)C2=O)c1. The van der Waals surface area contributed by atoms with Gasteiger partial charge in [0.05, 0.1) is 0 Å². The van der Waals surface area contributed by atoms with Crippen LogP contribution in [-0.4, -0.2) is 42.3 Å². The van der Waals surface area contributed by atoms with Gasteiger partial charge in [0, 0.05) is 31.9 Å². The van der Waals surface area contributed by atoms with E-state index in [1.54, 1.807) is 9.80 Å². The van der Waals surface area contributed by atoms with Gasteiger partial charge >= 0.3 is 6.03 Å². The maximum atomic E-state index is 12.1. The summed E-state index contributed by atoms with van der Waals surface area (Å²) in [6, 6.07) is 8.01. The summed E-state index contributed by atoms with van der Waals surface area (Å²) in [5.41, 5.74) is 2.12. The zero-order valence-electron chi connectivity index (χ0n) is 10.1. The van der Waals surface area contributed by atoms with Gasteiger partial charge in [-0.25, -0.2) is 4.79 Å². The normalized spacial score (nSPS) is 15.8. The highest BCUT2D eigenvalue weighted by Crippen LogP contribution is 2.21. The number of rotatable bonds is 4. The van der Waals surface area contributed by atoms with Crippen LogP contribution in [0, 0.1) is 6.92 Å². The van der Waals surface area contributed by atoms with Gasteiger partial charge in [0.2, 0.25) is 0 Å². The zero-order valence-corrected chi connectivity index (χ0v) is 10.1. The Morgan fingerprint density at radius 2 is 2.18 bits per heavy atom. The van der Waals surface area contributed by atoms with Gasteiger partial charge in [0.1, 0.15) is 0 Å². The molecule has 1 heterocycles. The van der Waals surface area contributed by atoms with E-state index in [9.17, 15) is 4.79 Å². The lowest BCUT2D eigenvalue weighted by Gasteiger charge is -2.18. The number of hydrogen-bond donors (Lipinski definition) is 1. The van der Waals surface area contributed by atoms with E-state index in [1.807, 2.05) is 31.2 Å². The number of hydrogen-bond acceptors (Lipinski definition) is 2. The number of amides is 2. The second kappa shape index (κ2) is 5.19. The highest BCUT2D eigenvalue weighted by Gasteiger charge is 2.28. The van der Waals surface area contributed by atoms with E-state index < -0.39 is 0 Å². The summed E-state index contributed by atoms with van der Waals surface area (Å²) in [6.07, 6.45) is 0.646. The van der Waals surface area contributed by atoms with E-state index >= 15 is 0 Å². The third-order valence-electron chi connectivity index (χ3n) is 2.99. The van der Waals surface area contributed by atoms with Crippen molar-refractivity contribution in [2.75, 3.05) is 31.1 Å². The average Bonchev–Trinajstić information content (AvgIpc) is 2.68. The number of anilines is 1. The maximum absolute atomic E-state index is 12.1. The number of aryl methyl sites for hydroxylation is 1. The molecule has 0 saturated carbocycles. The zero-order chi connectivity index (χ0) is 12.3. The molecule has 1 aromatic carbocycles. The van der Waals surface area contributed by atoms with Crippen LogP contribution in [0.2, 0.25) is 0 Å². The van der Waals surface area contributed by atoms with Crippen molar-refractivity contribution < 1.29 is 9.90 Å². The molecule has 4 heteroatoms. The second-order valence-corrected chi connectivity index (χ2v) is 4.34. The van der Waals surface area contributed by atoms with Crippen molar-refractivity contribution in [3.05, 3.63) is 29.8 Å². The molecular formula is C13H18N2O2. The van der Waals surface area contributed by atoms with Crippen molar-refractivity contribution in [1.29, 1.82) is 0 Å². The molecule has 1 aliphatic heterocycles. The molecule has 0 radical (unpaired) electrons. The van der Waals surface area contributed by atoms with E-state index in [2.05, 4.69) is 0 Å². The van der Waals surface area contributed by atoms with Gasteiger partial charge in [0.25, 0.3) is 0 Å². The van der Waals surface area contributed by atoms with Gasteiger partial charge < -0.3 is 10.0 Å². The van der Waals surface area contributed by atoms with Crippen LogP contribution in [0.15, 0.2) is 24.3 Å². The first kappa shape index (κ1) is 11.9. The fraction of sp³-hybridized carbons (Fsp3) is 0.462. The Kier molecular flexibility index (Phi) is 3.64. The standard InChI is InChI=1S/C13H18N2O2/c1-11-4-2-5-12(10-11)15-8-7-14(13(15)17)6-3-9-16/h2,4-5,10,16H,3,6-9H2,1H3. The minimum atomic E-state index is 0.0454. The minimum Gasteiger partial charge on any atom is -0.396 e. The van der Waals surface area contributed by atoms with Crippen molar-refractivity contribution in [2.45, 2.75) is 13.3 Å². The second-order valence-electron chi connectivity index (χ2n) is 4.34. The molecule has 0 atom stereocenters. The Hall–Kier alpha value is -1.55. The molecule has 1 N–H and O–H groups in total. The lowest BCUT2D eigenvalue weighted by Crippen LogP contribution is -2.32. The average molecular weight is 234 g/mol. The lowest BCUT2D eigenvalue weighted by atomic mass is 10.2. The molecule has 17 heavy (non-hydrogen) atoms. The predicted octanol–water partition coefficient (Wildman–Crippen LogP) is 1.62. The minimum absolute atomic E-state index is 0.0454. The topological polar surface area (TPSA) is 43.8 Å². The summed E-state index contributed by atoms with van der Waals surface area (Å²) >= 11 is 0. The summed E-state index contributed by atoms with van der Waals surface area (Å²) in [6.45, 7) is 4.26. The molecule has 0 spiro atoms. The lowest BCUT2D eigenvalue weighted by molar-refractivity contribution is 0.211. The summed E-state index contributed by atoms with van der Waals surface area (Å²) in [5.74, 6) is 0. The fourth-order valence-corrected chi connectivity index (χ4v) is 2.09. The summed E-state index contributed by atoms with van der Waals surface area (Å²) < 4.78 is 0. The molecule has 4 nitrogen and oxygen atoms in total. The van der Waals surface area contributed by atoms with Crippen LogP contribution >= 0.6 is 0 Å². The summed E-state index contributed by atoms with van der Waals surface area (Å²) in [7, 11) is 0. The van der Waals surface area contributed by atoms with Crippen LogP contribution in [0.25, 0.3) is 0 Å². The number of carbonyl (C=O) groups excluding carboxylic acids is 1. The van der Waals surface area contributed by atoms with Crippen LogP contribution in [0.4, 0.5) is 10.5 Å². The van der Waals surface area contributed by atoms with Crippen LogP contribution in [0.3, 0.4) is 0 Å². The molecule has 0 aliphatic carbocycles. The number of carbonyl (C=O) groups is 1. The molecule has 2 amide bonds. The Labute approximate surface area is 101 Å². The highest BCUT2D eigenvalue weighted by atomic mass is 16.3. The number of aliphatic hydroxyl groups excluding tert-OH is 1. The molecule has 92 valence electrons. The number of urea groups is 1. The van der Waals surface area contributed by atoms with Gasteiger partial charge in [-0.15, -0.1) is 0 Å². The van der Waals surface area contributed by atoms with Gasteiger partial charge in [0.15, 0.2) is 0 Å². The Balaban J connectivity index is 2.07. The first-order valence-electron chi connectivity index (χ1n) is 5.96. The third-order valence-corrected chi connectivity index (χ3v) is 2.99. The Morgan fingerprint density at radius 1 is 1.35 bits per heavy atom. The van der Waals surface area contributed by atoms with Crippen molar-refractivity contribution in [3.63, 3.8) is 0 Å². The first-order chi connectivity index (χ1) is 8.22. The van der Waals surface area contributed by atoms with Gasteiger partial charge in [-0.05, 0) is 31.0 Å².